The van der Waals surface area contributed by atoms with E-state index in [-0.39, 0.29) is 0 Å². The van der Waals surface area contributed by atoms with E-state index in [0.717, 1.165) is 17.7 Å². The second-order valence-electron chi connectivity index (χ2n) is 2.58. The summed E-state index contributed by atoms with van der Waals surface area (Å²) in [5.74, 6) is 0. The molecule has 0 saturated carbocycles. The van der Waals surface area contributed by atoms with Gasteiger partial charge in [0.1, 0.15) is 0 Å². The Morgan fingerprint density at radius 3 is 3.00 bits per heavy atom. The minimum absolute atomic E-state index is 0.708. The number of nitrogens with one attached hydrogen (secondary N) is 1. The number of hydrogen-bond acceptors (Lipinski definition) is 2. The largest absolute Gasteiger partial charge is 0.383 e. The van der Waals surface area contributed by atoms with Gasteiger partial charge in [-0.2, -0.15) is 0 Å². The van der Waals surface area contributed by atoms with Crippen molar-refractivity contribution in [3.63, 3.8) is 0 Å². The third-order valence-electron chi connectivity index (χ3n) is 1.84. The summed E-state index contributed by atoms with van der Waals surface area (Å²) >= 11 is 5.10. The van der Waals surface area contributed by atoms with E-state index in [0.29, 0.717) is 6.61 Å². The Morgan fingerprint density at radius 1 is 1.67 bits per heavy atom. The van der Waals surface area contributed by atoms with E-state index in [1.807, 2.05) is 6.20 Å². The monoisotopic (exact) mass is 186 g/mol. The van der Waals surface area contributed by atoms with E-state index in [1.54, 1.807) is 7.11 Å². The lowest BCUT2D eigenvalue weighted by Gasteiger charge is -2.04. The Morgan fingerprint density at radius 2 is 2.42 bits per heavy atom. The second kappa shape index (κ2) is 4.42. The van der Waals surface area contributed by atoms with Crippen LogP contribution in [0.3, 0.4) is 0 Å². The van der Waals surface area contributed by atoms with Crippen molar-refractivity contribution in [3.8, 4) is 0 Å². The van der Waals surface area contributed by atoms with E-state index >= 15 is 0 Å². The number of ether oxygens (including phenoxy) is 1. The van der Waals surface area contributed by atoms with Crippen molar-refractivity contribution in [2.75, 3.05) is 13.7 Å². The number of H-pyrrole nitrogens is 1. The molecule has 3 nitrogen and oxygen atoms in total. The van der Waals surface area contributed by atoms with Crippen LogP contribution in [0.1, 0.15) is 12.6 Å². The van der Waals surface area contributed by atoms with Crippen LogP contribution in [-0.2, 0) is 17.7 Å². The van der Waals surface area contributed by atoms with Crippen LogP contribution in [0.4, 0.5) is 0 Å². The van der Waals surface area contributed by atoms with E-state index in [9.17, 15) is 0 Å². The van der Waals surface area contributed by atoms with Crippen LogP contribution < -0.4 is 0 Å². The third-order valence-corrected chi connectivity index (χ3v) is 2.17. The molecule has 0 aliphatic carbocycles. The van der Waals surface area contributed by atoms with Gasteiger partial charge in [0.25, 0.3) is 0 Å². The first kappa shape index (κ1) is 9.48. The first-order chi connectivity index (χ1) is 5.79. The summed E-state index contributed by atoms with van der Waals surface area (Å²) in [5, 5.41) is 0. The molecule has 0 amide bonds. The highest BCUT2D eigenvalue weighted by molar-refractivity contribution is 7.71. The summed E-state index contributed by atoms with van der Waals surface area (Å²) < 4.78 is 7.84. The highest BCUT2D eigenvalue weighted by atomic mass is 32.1. The van der Waals surface area contributed by atoms with Gasteiger partial charge in [0.2, 0.25) is 0 Å². The van der Waals surface area contributed by atoms with Gasteiger partial charge in [-0.25, -0.2) is 0 Å². The molecule has 0 fully saturated rings. The molecule has 0 aliphatic heterocycles. The number of methoxy groups -OCH3 is 1. The van der Waals surface area contributed by atoms with Crippen LogP contribution in [0.25, 0.3) is 0 Å². The lowest BCUT2D eigenvalue weighted by molar-refractivity contribution is 0.186. The fourth-order valence-corrected chi connectivity index (χ4v) is 1.42. The number of rotatable bonds is 4. The van der Waals surface area contributed by atoms with Gasteiger partial charge in [-0.3, -0.25) is 0 Å². The highest BCUT2D eigenvalue weighted by Crippen LogP contribution is 2.01. The molecule has 4 heteroatoms. The molecule has 1 aromatic rings. The van der Waals surface area contributed by atoms with Gasteiger partial charge in [-0.1, -0.05) is 6.92 Å². The molecule has 0 radical (unpaired) electrons. The number of aromatic nitrogens is 2. The fraction of sp³-hybridized carbons (Fsp3) is 0.625. The zero-order chi connectivity index (χ0) is 8.97. The molecular formula is C8H14N2OS. The van der Waals surface area contributed by atoms with Crippen LogP contribution in [0.2, 0.25) is 0 Å². The molecule has 1 aromatic heterocycles. The Bertz CT molecular complexity index is 289. The molecule has 1 N–H and O–H groups in total. The predicted molar refractivity (Wildman–Crippen MR) is 50.9 cm³/mol. The number of hydrogen-bond donors (Lipinski definition) is 1. The maximum Gasteiger partial charge on any atom is 0.177 e. The van der Waals surface area contributed by atoms with Gasteiger partial charge < -0.3 is 14.3 Å². The summed E-state index contributed by atoms with van der Waals surface area (Å²) in [6, 6.07) is 0. The maximum absolute atomic E-state index is 5.10. The smallest absolute Gasteiger partial charge is 0.177 e. The number of aryl methyl sites for hydroxylation is 1. The topological polar surface area (TPSA) is 29.9 Å². The normalized spacial score (nSPS) is 10.5. The molecule has 0 aromatic carbocycles. The van der Waals surface area contributed by atoms with Gasteiger partial charge in [-0.15, -0.1) is 0 Å². The average molecular weight is 186 g/mol. The number of aromatic amines is 1. The number of imidazole rings is 1. The molecule has 0 spiro atoms. The van der Waals surface area contributed by atoms with Gasteiger partial charge in [-0.05, 0) is 18.6 Å². The molecule has 1 heterocycles. The van der Waals surface area contributed by atoms with Crippen molar-refractivity contribution in [1.29, 1.82) is 0 Å². The standard InChI is InChI=1S/C8H14N2OS/c1-3-7-6-9-8(12)10(7)4-5-11-2/h6H,3-5H2,1-2H3,(H,9,12). The minimum Gasteiger partial charge on any atom is -0.383 e. The van der Waals surface area contributed by atoms with E-state index < -0.39 is 0 Å². The molecule has 0 bridgehead atoms. The summed E-state index contributed by atoms with van der Waals surface area (Å²) in [6.07, 6.45) is 2.95. The van der Waals surface area contributed by atoms with Crippen LogP contribution in [0.15, 0.2) is 6.20 Å². The SMILES string of the molecule is CCc1c[nH]c(=S)n1CCOC. The van der Waals surface area contributed by atoms with Crippen molar-refractivity contribution in [2.45, 2.75) is 19.9 Å². The lowest BCUT2D eigenvalue weighted by atomic mass is 10.3. The second-order valence-corrected chi connectivity index (χ2v) is 2.97. The van der Waals surface area contributed by atoms with Crippen molar-refractivity contribution >= 4 is 12.2 Å². The maximum atomic E-state index is 5.10. The van der Waals surface area contributed by atoms with E-state index in [4.69, 9.17) is 17.0 Å². The van der Waals surface area contributed by atoms with Crippen molar-refractivity contribution in [1.82, 2.24) is 9.55 Å². The summed E-state index contributed by atoms with van der Waals surface area (Å²) in [4.78, 5) is 3.02. The molecule has 12 heavy (non-hydrogen) atoms. The zero-order valence-electron chi connectivity index (χ0n) is 7.46. The van der Waals surface area contributed by atoms with Crippen LogP contribution in [0, 0.1) is 4.77 Å². The van der Waals surface area contributed by atoms with Crippen LogP contribution in [0.5, 0.6) is 0 Å². The highest BCUT2D eigenvalue weighted by Gasteiger charge is 1.99. The van der Waals surface area contributed by atoms with Gasteiger partial charge in [0.05, 0.1) is 6.61 Å². The van der Waals surface area contributed by atoms with Crippen molar-refractivity contribution in [3.05, 3.63) is 16.7 Å². The quantitative estimate of drug-likeness (QED) is 0.726. The van der Waals surface area contributed by atoms with Crippen LogP contribution in [-0.4, -0.2) is 23.3 Å². The van der Waals surface area contributed by atoms with Crippen molar-refractivity contribution in [2.24, 2.45) is 0 Å². The lowest BCUT2D eigenvalue weighted by Crippen LogP contribution is -2.07. The third kappa shape index (κ3) is 1.95. The molecular weight excluding hydrogens is 172 g/mol. The predicted octanol–water partition coefficient (Wildman–Crippen LogP) is 1.75. The minimum atomic E-state index is 0.708. The molecule has 0 unspecified atom stereocenters. The Kier molecular flexibility index (Phi) is 3.49. The molecule has 1 rings (SSSR count). The summed E-state index contributed by atoms with van der Waals surface area (Å²) in [6.45, 7) is 3.66. The van der Waals surface area contributed by atoms with E-state index in [1.165, 1.54) is 5.69 Å². The Hall–Kier alpha value is -0.610. The Labute approximate surface area is 77.4 Å². The van der Waals surface area contributed by atoms with Crippen molar-refractivity contribution < 1.29 is 4.74 Å². The Balaban J connectivity index is 2.79. The summed E-state index contributed by atoms with van der Waals surface area (Å²) in [5.41, 5.74) is 1.23. The average Bonchev–Trinajstić information content (AvgIpc) is 2.43. The van der Waals surface area contributed by atoms with Crippen LogP contribution >= 0.6 is 12.2 Å². The summed E-state index contributed by atoms with van der Waals surface area (Å²) in [7, 11) is 1.70. The number of nitrogens with zero attached hydrogens (tertiary/aromatic N) is 1. The molecule has 0 saturated heterocycles. The van der Waals surface area contributed by atoms with Gasteiger partial charge in [0.15, 0.2) is 4.77 Å². The molecule has 0 atom stereocenters. The zero-order valence-corrected chi connectivity index (χ0v) is 8.28. The first-order valence-corrected chi connectivity index (χ1v) is 4.46. The fourth-order valence-electron chi connectivity index (χ4n) is 1.15. The first-order valence-electron chi connectivity index (χ1n) is 4.05. The van der Waals surface area contributed by atoms with Gasteiger partial charge >= 0.3 is 0 Å². The van der Waals surface area contributed by atoms with Gasteiger partial charge in [0, 0.05) is 25.5 Å². The van der Waals surface area contributed by atoms with E-state index in [2.05, 4.69) is 16.5 Å². The molecule has 68 valence electrons. The molecule has 0 aliphatic rings.